The number of carbonyl (C=O) groups is 1. The van der Waals surface area contributed by atoms with Gasteiger partial charge in [-0.25, -0.2) is 9.48 Å². The highest BCUT2D eigenvalue weighted by atomic mass is 16.2. The van der Waals surface area contributed by atoms with Crippen molar-refractivity contribution in [2.75, 3.05) is 6.54 Å². The number of carbonyl (C=O) groups excluding carboxylic acids is 1. The second-order valence-electron chi connectivity index (χ2n) is 7.58. The van der Waals surface area contributed by atoms with Gasteiger partial charge in [-0.1, -0.05) is 38.1 Å². The van der Waals surface area contributed by atoms with Gasteiger partial charge in [-0.15, -0.1) is 0 Å². The van der Waals surface area contributed by atoms with Crippen LogP contribution < -0.4 is 10.6 Å². The molecule has 3 rings (SSSR count). The first-order valence-corrected chi connectivity index (χ1v) is 9.79. The van der Waals surface area contributed by atoms with Crippen LogP contribution in [0.2, 0.25) is 0 Å². The Kier molecular flexibility index (Phi) is 5.68. The molecule has 144 valence electrons. The fourth-order valence-electron chi connectivity index (χ4n) is 3.84. The predicted molar refractivity (Wildman–Crippen MR) is 110 cm³/mol. The zero-order valence-electron chi connectivity index (χ0n) is 16.9. The van der Waals surface area contributed by atoms with Crippen LogP contribution in [0.4, 0.5) is 4.79 Å². The van der Waals surface area contributed by atoms with Crippen LogP contribution in [-0.2, 0) is 0 Å². The molecule has 0 fully saturated rings. The molecule has 0 spiro atoms. The Labute approximate surface area is 161 Å². The Balaban J connectivity index is 1.79. The SMILES string of the molecule is CCNC(=O)N[C@H]1C=C[C@@H](c2c(C)nn(-c3ccc(C(C)C)cc3)c2C)C1. The number of aryl methyl sites for hydroxylation is 1. The number of urea groups is 1. The van der Waals surface area contributed by atoms with Crippen molar-refractivity contribution in [3.05, 3.63) is 58.9 Å². The molecule has 0 radical (unpaired) electrons. The number of allylic oxidation sites excluding steroid dienone is 1. The molecular formula is C22H30N4O. The van der Waals surface area contributed by atoms with Crippen LogP contribution in [0.1, 0.15) is 61.5 Å². The third-order valence-corrected chi connectivity index (χ3v) is 5.26. The zero-order valence-corrected chi connectivity index (χ0v) is 16.9. The van der Waals surface area contributed by atoms with Crippen LogP contribution in [0, 0.1) is 13.8 Å². The van der Waals surface area contributed by atoms with Gasteiger partial charge in [0, 0.05) is 29.8 Å². The molecule has 5 heteroatoms. The smallest absolute Gasteiger partial charge is 0.315 e. The number of nitrogens with zero attached hydrogens (tertiary/aromatic N) is 2. The summed E-state index contributed by atoms with van der Waals surface area (Å²) in [4.78, 5) is 11.8. The highest BCUT2D eigenvalue weighted by molar-refractivity contribution is 5.74. The summed E-state index contributed by atoms with van der Waals surface area (Å²) in [6.45, 7) is 11.2. The van der Waals surface area contributed by atoms with Crippen molar-refractivity contribution in [2.24, 2.45) is 0 Å². The quantitative estimate of drug-likeness (QED) is 0.773. The molecular weight excluding hydrogens is 336 g/mol. The lowest BCUT2D eigenvalue weighted by atomic mass is 9.96. The van der Waals surface area contributed by atoms with Crippen molar-refractivity contribution < 1.29 is 4.79 Å². The third-order valence-electron chi connectivity index (χ3n) is 5.26. The Morgan fingerprint density at radius 3 is 2.56 bits per heavy atom. The summed E-state index contributed by atoms with van der Waals surface area (Å²) in [5.74, 6) is 0.800. The molecule has 1 aromatic heterocycles. The van der Waals surface area contributed by atoms with E-state index in [0.29, 0.717) is 12.5 Å². The Bertz CT molecular complexity index is 833. The first-order chi connectivity index (χ1) is 12.9. The highest BCUT2D eigenvalue weighted by Crippen LogP contribution is 2.34. The van der Waals surface area contributed by atoms with E-state index >= 15 is 0 Å². The summed E-state index contributed by atoms with van der Waals surface area (Å²) in [6, 6.07) is 8.59. The maximum Gasteiger partial charge on any atom is 0.315 e. The molecule has 1 aliphatic carbocycles. The molecule has 0 saturated carbocycles. The lowest BCUT2D eigenvalue weighted by molar-refractivity contribution is 0.239. The molecule has 1 aromatic carbocycles. The number of rotatable bonds is 5. The fraction of sp³-hybridized carbons (Fsp3) is 0.455. The maximum atomic E-state index is 11.8. The monoisotopic (exact) mass is 366 g/mol. The topological polar surface area (TPSA) is 59.0 Å². The fourth-order valence-corrected chi connectivity index (χ4v) is 3.84. The van der Waals surface area contributed by atoms with Gasteiger partial charge in [0.2, 0.25) is 0 Å². The standard InChI is InChI=1S/C22H30N4O/c1-6-23-22(27)24-19-10-7-18(13-19)21-15(4)25-26(16(21)5)20-11-8-17(9-12-20)14(2)3/h7-12,14,18-19H,6,13H2,1-5H3,(H2,23,24,27)/t18-,19+/m1/s1. The number of aromatic nitrogens is 2. The summed E-state index contributed by atoms with van der Waals surface area (Å²) in [7, 11) is 0. The van der Waals surface area contributed by atoms with E-state index in [1.165, 1.54) is 11.1 Å². The minimum atomic E-state index is -0.109. The average Bonchev–Trinajstić information content (AvgIpc) is 3.19. The van der Waals surface area contributed by atoms with Gasteiger partial charge in [-0.2, -0.15) is 5.10 Å². The van der Waals surface area contributed by atoms with Crippen LogP contribution in [0.3, 0.4) is 0 Å². The van der Waals surface area contributed by atoms with E-state index in [1.54, 1.807) is 0 Å². The van der Waals surface area contributed by atoms with E-state index in [9.17, 15) is 4.79 Å². The lowest BCUT2D eigenvalue weighted by Crippen LogP contribution is -2.40. The largest absolute Gasteiger partial charge is 0.338 e. The molecule has 0 saturated heterocycles. The van der Waals surface area contributed by atoms with Crippen LogP contribution in [0.15, 0.2) is 36.4 Å². The maximum absolute atomic E-state index is 11.8. The van der Waals surface area contributed by atoms with Crippen LogP contribution in [0.25, 0.3) is 5.69 Å². The van der Waals surface area contributed by atoms with E-state index in [-0.39, 0.29) is 18.0 Å². The van der Waals surface area contributed by atoms with E-state index in [4.69, 9.17) is 5.10 Å². The summed E-state index contributed by atoms with van der Waals surface area (Å²) in [5, 5.41) is 10.6. The normalized spacial score (nSPS) is 18.9. The Morgan fingerprint density at radius 1 is 1.22 bits per heavy atom. The molecule has 2 aromatic rings. The number of nitrogens with one attached hydrogen (secondary N) is 2. The highest BCUT2D eigenvalue weighted by Gasteiger charge is 2.26. The Morgan fingerprint density at radius 2 is 1.93 bits per heavy atom. The van der Waals surface area contributed by atoms with Gasteiger partial charge in [-0.3, -0.25) is 0 Å². The molecule has 5 nitrogen and oxygen atoms in total. The predicted octanol–water partition coefficient (Wildman–Crippen LogP) is 4.34. The number of benzene rings is 1. The molecule has 2 N–H and O–H groups in total. The van der Waals surface area contributed by atoms with Gasteiger partial charge in [-0.05, 0) is 50.8 Å². The zero-order chi connectivity index (χ0) is 19.6. The summed E-state index contributed by atoms with van der Waals surface area (Å²) in [5.41, 5.74) is 5.90. The third kappa shape index (κ3) is 4.07. The van der Waals surface area contributed by atoms with Crippen molar-refractivity contribution in [1.29, 1.82) is 0 Å². The molecule has 0 unspecified atom stereocenters. The second-order valence-corrected chi connectivity index (χ2v) is 7.58. The first kappa shape index (κ1) is 19.2. The summed E-state index contributed by atoms with van der Waals surface area (Å²) >= 11 is 0. The van der Waals surface area contributed by atoms with Crippen LogP contribution in [-0.4, -0.2) is 28.4 Å². The van der Waals surface area contributed by atoms with Gasteiger partial charge in [0.15, 0.2) is 0 Å². The van der Waals surface area contributed by atoms with Crippen molar-refractivity contribution >= 4 is 6.03 Å². The van der Waals surface area contributed by atoms with Crippen molar-refractivity contribution in [1.82, 2.24) is 20.4 Å². The molecule has 27 heavy (non-hydrogen) atoms. The second kappa shape index (κ2) is 7.99. The van der Waals surface area contributed by atoms with E-state index in [0.717, 1.165) is 23.5 Å². The molecule has 0 aliphatic heterocycles. The number of hydrogen-bond acceptors (Lipinski definition) is 2. The van der Waals surface area contributed by atoms with Crippen LogP contribution >= 0.6 is 0 Å². The van der Waals surface area contributed by atoms with Gasteiger partial charge >= 0.3 is 6.03 Å². The van der Waals surface area contributed by atoms with Crippen molar-refractivity contribution in [2.45, 2.75) is 58.9 Å². The van der Waals surface area contributed by atoms with E-state index in [2.05, 4.69) is 74.7 Å². The molecule has 1 heterocycles. The van der Waals surface area contributed by atoms with E-state index < -0.39 is 0 Å². The number of hydrogen-bond donors (Lipinski definition) is 2. The number of amides is 2. The van der Waals surface area contributed by atoms with Gasteiger partial charge < -0.3 is 10.6 Å². The minimum absolute atomic E-state index is 0.0639. The van der Waals surface area contributed by atoms with Gasteiger partial charge in [0.25, 0.3) is 0 Å². The Hall–Kier alpha value is -2.56. The van der Waals surface area contributed by atoms with Gasteiger partial charge in [0.05, 0.1) is 11.4 Å². The van der Waals surface area contributed by atoms with Crippen LogP contribution in [0.5, 0.6) is 0 Å². The van der Waals surface area contributed by atoms with Crippen molar-refractivity contribution in [3.63, 3.8) is 0 Å². The van der Waals surface area contributed by atoms with Gasteiger partial charge in [0.1, 0.15) is 0 Å². The van der Waals surface area contributed by atoms with E-state index in [1.807, 2.05) is 11.6 Å². The molecule has 2 atom stereocenters. The molecule has 0 bridgehead atoms. The lowest BCUT2D eigenvalue weighted by Gasteiger charge is -2.15. The van der Waals surface area contributed by atoms with Crippen molar-refractivity contribution in [3.8, 4) is 5.69 Å². The summed E-state index contributed by atoms with van der Waals surface area (Å²) < 4.78 is 2.03. The summed E-state index contributed by atoms with van der Waals surface area (Å²) in [6.07, 6.45) is 5.16. The molecule has 2 amide bonds. The molecule has 1 aliphatic rings. The minimum Gasteiger partial charge on any atom is -0.338 e. The average molecular weight is 367 g/mol. The first-order valence-electron chi connectivity index (χ1n) is 9.79.